The van der Waals surface area contributed by atoms with E-state index in [1.807, 2.05) is 62.4 Å². The zero-order valence-corrected chi connectivity index (χ0v) is 28.8. The van der Waals surface area contributed by atoms with Crippen LogP contribution in [-0.4, -0.2) is 59.5 Å². The topological polar surface area (TPSA) is 132 Å². The molecule has 1 aliphatic rings. The molecular weight excluding hydrogens is 658 g/mol. The highest BCUT2D eigenvalue weighted by Crippen LogP contribution is 2.32. The van der Waals surface area contributed by atoms with Crippen LogP contribution in [0.5, 0.6) is 0 Å². The maximum Gasteiger partial charge on any atom is 0.343 e. The molecule has 1 fully saturated rings. The number of hydrogen-bond acceptors (Lipinski definition) is 9. The molecule has 3 aromatic carbocycles. The number of likely N-dealkylation sites (tertiary alicyclic amines) is 1. The first-order valence-corrected chi connectivity index (χ1v) is 15.5. The van der Waals surface area contributed by atoms with Crippen LogP contribution in [0.3, 0.4) is 0 Å². The van der Waals surface area contributed by atoms with Crippen LogP contribution in [-0.2, 0) is 11.3 Å². The number of hydrogen-bond donors (Lipinski definition) is 3. The summed E-state index contributed by atoms with van der Waals surface area (Å²) in [6, 6.07) is 21.7. The van der Waals surface area contributed by atoms with E-state index in [1.165, 1.54) is 11.8 Å². The molecule has 2 heterocycles. The predicted octanol–water partition coefficient (Wildman–Crippen LogP) is 6.57. The van der Waals surface area contributed by atoms with Gasteiger partial charge < -0.3 is 20.7 Å². The van der Waals surface area contributed by atoms with Crippen molar-refractivity contribution in [3.63, 3.8) is 0 Å². The number of aryl methyl sites for hydroxylation is 2. The number of carbonyl (C=O) groups excluding carboxylic acids is 2. The molecule has 1 amide bonds. The Balaban J connectivity index is 0.00000500. The summed E-state index contributed by atoms with van der Waals surface area (Å²) in [7, 11) is 1.63. The molecule has 0 bridgehead atoms. The molecule has 5 rings (SSSR count). The molecule has 0 spiro atoms. The van der Waals surface area contributed by atoms with Crippen LogP contribution in [0.25, 0.3) is 11.1 Å². The SMILES string of the molecule is Br.CCOC(=O)c1cnc(NC2CCN(Cc3ccc(C(=O)NC)cc3)CC2)nc1Nc1c(C)cc(-c2ccc(C#N)cc2)cc1C. The van der Waals surface area contributed by atoms with Crippen LogP contribution in [0, 0.1) is 25.2 Å². The lowest BCUT2D eigenvalue weighted by Crippen LogP contribution is -2.39. The highest BCUT2D eigenvalue weighted by molar-refractivity contribution is 8.93. The molecule has 47 heavy (non-hydrogen) atoms. The van der Waals surface area contributed by atoms with E-state index < -0.39 is 5.97 Å². The summed E-state index contributed by atoms with van der Waals surface area (Å²) in [4.78, 5) is 36.3. The Morgan fingerprint density at radius 2 is 1.66 bits per heavy atom. The summed E-state index contributed by atoms with van der Waals surface area (Å²) in [5, 5.41) is 18.7. The summed E-state index contributed by atoms with van der Waals surface area (Å²) in [5.74, 6) is 0.254. The number of halogens is 1. The number of piperidine rings is 1. The van der Waals surface area contributed by atoms with Crippen molar-refractivity contribution in [2.45, 2.75) is 46.2 Å². The third kappa shape index (κ3) is 8.73. The number of amides is 1. The van der Waals surface area contributed by atoms with Gasteiger partial charge in [0.1, 0.15) is 5.56 Å². The van der Waals surface area contributed by atoms with Crippen LogP contribution >= 0.6 is 17.0 Å². The van der Waals surface area contributed by atoms with E-state index in [1.54, 1.807) is 14.0 Å². The van der Waals surface area contributed by atoms with E-state index in [9.17, 15) is 9.59 Å². The van der Waals surface area contributed by atoms with Gasteiger partial charge in [-0.2, -0.15) is 10.2 Å². The van der Waals surface area contributed by atoms with Gasteiger partial charge >= 0.3 is 5.97 Å². The van der Waals surface area contributed by atoms with Gasteiger partial charge in [-0.05, 0) is 97.8 Å². The van der Waals surface area contributed by atoms with Gasteiger partial charge in [-0.15, -0.1) is 17.0 Å². The Bertz CT molecular complexity index is 1720. The van der Waals surface area contributed by atoms with Gasteiger partial charge in [0, 0.05) is 50.2 Å². The molecule has 3 N–H and O–H groups in total. The van der Waals surface area contributed by atoms with Gasteiger partial charge in [-0.3, -0.25) is 9.69 Å². The van der Waals surface area contributed by atoms with Crippen molar-refractivity contribution in [2.24, 2.45) is 0 Å². The highest BCUT2D eigenvalue weighted by atomic mass is 79.9. The molecule has 244 valence electrons. The van der Waals surface area contributed by atoms with Gasteiger partial charge in [0.2, 0.25) is 5.95 Å². The molecule has 1 aliphatic heterocycles. The smallest absolute Gasteiger partial charge is 0.343 e. The van der Waals surface area contributed by atoms with E-state index in [-0.39, 0.29) is 41.1 Å². The fourth-order valence-electron chi connectivity index (χ4n) is 5.67. The van der Waals surface area contributed by atoms with Gasteiger partial charge in [0.25, 0.3) is 5.91 Å². The summed E-state index contributed by atoms with van der Waals surface area (Å²) in [6.07, 6.45) is 3.34. The highest BCUT2D eigenvalue weighted by Gasteiger charge is 2.22. The molecular formula is C36H40BrN7O3. The second kappa shape index (κ2) is 16.2. The lowest BCUT2D eigenvalue weighted by atomic mass is 9.98. The Morgan fingerprint density at radius 3 is 2.26 bits per heavy atom. The molecule has 4 aromatic rings. The quantitative estimate of drug-likeness (QED) is 0.158. The monoisotopic (exact) mass is 697 g/mol. The van der Waals surface area contributed by atoms with Gasteiger partial charge in [-0.1, -0.05) is 24.3 Å². The molecule has 0 unspecified atom stereocenters. The second-order valence-electron chi connectivity index (χ2n) is 11.4. The minimum Gasteiger partial charge on any atom is -0.462 e. The molecule has 1 aromatic heterocycles. The maximum absolute atomic E-state index is 12.9. The molecule has 0 atom stereocenters. The minimum atomic E-state index is -0.488. The average Bonchev–Trinajstić information content (AvgIpc) is 3.07. The Hall–Kier alpha value is -4.79. The predicted molar refractivity (Wildman–Crippen MR) is 189 cm³/mol. The normalized spacial score (nSPS) is 13.2. The Labute approximate surface area is 286 Å². The van der Waals surface area contributed by atoms with E-state index >= 15 is 0 Å². The van der Waals surface area contributed by atoms with Crippen LogP contribution in [0.1, 0.15) is 62.7 Å². The van der Waals surface area contributed by atoms with Crippen LogP contribution in [0.2, 0.25) is 0 Å². The molecule has 10 nitrogen and oxygen atoms in total. The number of esters is 1. The number of ether oxygens (including phenoxy) is 1. The first kappa shape index (κ1) is 35.1. The van der Waals surface area contributed by atoms with Crippen molar-refractivity contribution < 1.29 is 14.3 Å². The van der Waals surface area contributed by atoms with E-state index in [2.05, 4.69) is 44.0 Å². The largest absolute Gasteiger partial charge is 0.462 e. The van der Waals surface area contributed by atoms with E-state index in [0.29, 0.717) is 22.9 Å². The second-order valence-corrected chi connectivity index (χ2v) is 11.4. The number of aromatic nitrogens is 2. The third-order valence-corrected chi connectivity index (χ3v) is 8.18. The van der Waals surface area contributed by atoms with Crippen LogP contribution in [0.15, 0.2) is 66.9 Å². The van der Waals surface area contributed by atoms with Crippen molar-refractivity contribution in [2.75, 3.05) is 37.4 Å². The first-order valence-electron chi connectivity index (χ1n) is 15.5. The van der Waals surface area contributed by atoms with Crippen molar-refractivity contribution in [1.82, 2.24) is 20.2 Å². The molecule has 0 aliphatic carbocycles. The summed E-state index contributed by atoms with van der Waals surface area (Å²) in [5.41, 5.74) is 7.58. The number of nitrogens with one attached hydrogen (secondary N) is 3. The fourth-order valence-corrected chi connectivity index (χ4v) is 5.67. The van der Waals surface area contributed by atoms with Gasteiger partial charge in [0.15, 0.2) is 5.82 Å². The minimum absolute atomic E-state index is 0. The van der Waals surface area contributed by atoms with Crippen molar-refractivity contribution in [3.8, 4) is 17.2 Å². The standard InChI is InChI=1S/C36H39N7O3.BrH/c1-5-46-35(45)31-21-39-36(40-30-14-16-43(17-15-30)22-26-8-12-28(13-9-26)34(44)38-4)42-33(31)41-32-23(2)18-29(19-24(32)3)27-10-6-25(20-37)7-11-27;/h6-13,18-19,21,30H,5,14-17,22H2,1-4H3,(H,38,44)(H2,39,40,41,42);1H. The van der Waals surface area contributed by atoms with Crippen molar-refractivity contribution in [3.05, 3.63) is 100 Å². The summed E-state index contributed by atoms with van der Waals surface area (Å²) >= 11 is 0. The number of benzene rings is 3. The lowest BCUT2D eigenvalue weighted by Gasteiger charge is -2.32. The van der Waals surface area contributed by atoms with Crippen LogP contribution in [0.4, 0.5) is 17.5 Å². The van der Waals surface area contributed by atoms with Gasteiger partial charge in [0.05, 0.1) is 18.2 Å². The number of nitrogens with zero attached hydrogens (tertiary/aromatic N) is 4. The van der Waals surface area contributed by atoms with Crippen molar-refractivity contribution in [1.29, 1.82) is 5.26 Å². The average molecular weight is 699 g/mol. The fraction of sp³-hybridized carbons (Fsp3) is 0.306. The van der Waals surface area contributed by atoms with Crippen LogP contribution < -0.4 is 16.0 Å². The molecule has 0 radical (unpaired) electrons. The number of rotatable bonds is 10. The zero-order valence-electron chi connectivity index (χ0n) is 27.1. The zero-order chi connectivity index (χ0) is 32.6. The number of anilines is 3. The van der Waals surface area contributed by atoms with Crippen molar-refractivity contribution >= 4 is 46.3 Å². The third-order valence-electron chi connectivity index (χ3n) is 8.18. The summed E-state index contributed by atoms with van der Waals surface area (Å²) < 4.78 is 5.31. The maximum atomic E-state index is 12.9. The summed E-state index contributed by atoms with van der Waals surface area (Å²) in [6.45, 7) is 8.67. The number of carbonyl (C=O) groups is 2. The lowest BCUT2D eigenvalue weighted by molar-refractivity contribution is 0.0526. The van der Waals surface area contributed by atoms with Gasteiger partial charge in [-0.25, -0.2) is 9.78 Å². The number of nitriles is 1. The van der Waals surface area contributed by atoms with E-state index in [4.69, 9.17) is 15.0 Å². The van der Waals surface area contributed by atoms with E-state index in [0.717, 1.165) is 60.4 Å². The Morgan fingerprint density at radius 1 is 1.00 bits per heavy atom. The first-order chi connectivity index (χ1) is 22.3. The molecule has 11 heteroatoms. The Kier molecular flexibility index (Phi) is 12.1. The molecule has 0 saturated carbocycles. The molecule has 1 saturated heterocycles.